The predicted octanol–water partition coefficient (Wildman–Crippen LogP) is 4.32. The van der Waals surface area contributed by atoms with Gasteiger partial charge >= 0.3 is 0 Å². The Morgan fingerprint density at radius 2 is 2.00 bits per heavy atom. The molecule has 0 bridgehead atoms. The van der Waals surface area contributed by atoms with Crippen molar-refractivity contribution in [3.8, 4) is 11.3 Å². The Balaban J connectivity index is 2.27. The molecule has 4 nitrogen and oxygen atoms in total. The Labute approximate surface area is 141 Å². The van der Waals surface area contributed by atoms with Crippen LogP contribution in [0.4, 0.5) is 5.69 Å². The molecule has 1 aromatic heterocycles. The first-order chi connectivity index (χ1) is 11.1. The molecule has 118 valence electrons. The Morgan fingerprint density at radius 3 is 2.74 bits per heavy atom. The summed E-state index contributed by atoms with van der Waals surface area (Å²) in [5.74, 6) is 0.0571. The van der Waals surface area contributed by atoms with Gasteiger partial charge in [0.25, 0.3) is 0 Å². The highest BCUT2D eigenvalue weighted by atomic mass is 35.5. The molecule has 1 unspecified atom stereocenters. The zero-order valence-corrected chi connectivity index (χ0v) is 14.0. The Kier molecular flexibility index (Phi) is 4.61. The lowest BCUT2D eigenvalue weighted by molar-refractivity contribution is 0.563. The van der Waals surface area contributed by atoms with Gasteiger partial charge in [0.05, 0.1) is 27.7 Å². The number of aromatic nitrogens is 1. The zero-order chi connectivity index (χ0) is 16.4. The van der Waals surface area contributed by atoms with Crippen molar-refractivity contribution in [1.29, 1.82) is 0 Å². The molecule has 6 heteroatoms. The highest BCUT2D eigenvalue weighted by Crippen LogP contribution is 2.34. The average molecular weight is 347 g/mol. The number of fused-ring (bicyclic) bond motifs is 1. The molecule has 1 atom stereocenters. The average Bonchev–Trinajstić information content (AvgIpc) is 2.54. The fourth-order valence-corrected chi connectivity index (χ4v) is 3.31. The van der Waals surface area contributed by atoms with Gasteiger partial charge in [0.15, 0.2) is 11.1 Å². The van der Waals surface area contributed by atoms with Gasteiger partial charge in [-0.1, -0.05) is 48.0 Å². The number of para-hydroxylation sites is 1. The van der Waals surface area contributed by atoms with Gasteiger partial charge in [0.2, 0.25) is 0 Å². The molecule has 0 aliphatic carbocycles. The number of nitrogens with zero attached hydrogens (tertiary/aromatic N) is 1. The molecule has 0 aliphatic heterocycles. The van der Waals surface area contributed by atoms with E-state index in [9.17, 15) is 8.76 Å². The lowest BCUT2D eigenvalue weighted by Gasteiger charge is -2.14. The van der Waals surface area contributed by atoms with Crippen LogP contribution >= 0.6 is 11.6 Å². The quantitative estimate of drug-likeness (QED) is 0.691. The van der Waals surface area contributed by atoms with Gasteiger partial charge in [-0.25, -0.2) is 9.19 Å². The third kappa shape index (κ3) is 3.22. The Bertz CT molecular complexity index is 899. The minimum absolute atomic E-state index is 0.0571. The van der Waals surface area contributed by atoms with Crippen molar-refractivity contribution in [3.05, 3.63) is 59.1 Å². The molecular weight excluding hydrogens is 332 g/mol. The van der Waals surface area contributed by atoms with Crippen LogP contribution in [0.15, 0.2) is 48.5 Å². The molecule has 0 saturated carbocycles. The summed E-state index contributed by atoms with van der Waals surface area (Å²) in [4.78, 5) is 4.71. The van der Waals surface area contributed by atoms with E-state index in [1.165, 1.54) is 0 Å². The SMILES string of the molecule is CNc1cc2cccc(Cl)c2nc1-c1ccccc1CS(=O)O. The van der Waals surface area contributed by atoms with E-state index in [1.54, 1.807) is 6.07 Å². The van der Waals surface area contributed by atoms with Gasteiger partial charge in [0.1, 0.15) is 0 Å². The summed E-state index contributed by atoms with van der Waals surface area (Å²) < 4.78 is 20.5. The number of nitrogens with one attached hydrogen (secondary N) is 1. The van der Waals surface area contributed by atoms with Crippen molar-refractivity contribution in [2.45, 2.75) is 5.75 Å². The van der Waals surface area contributed by atoms with Crippen molar-refractivity contribution in [2.24, 2.45) is 0 Å². The molecule has 0 spiro atoms. The largest absolute Gasteiger partial charge is 0.386 e. The first kappa shape index (κ1) is 15.9. The van der Waals surface area contributed by atoms with Gasteiger partial charge in [-0.3, -0.25) is 0 Å². The van der Waals surface area contributed by atoms with Crippen molar-refractivity contribution in [1.82, 2.24) is 4.98 Å². The van der Waals surface area contributed by atoms with Crippen LogP contribution in [0.5, 0.6) is 0 Å². The van der Waals surface area contributed by atoms with Crippen LogP contribution in [0, 0.1) is 0 Å². The highest BCUT2D eigenvalue weighted by Gasteiger charge is 2.14. The van der Waals surface area contributed by atoms with Crippen LogP contribution in [0.1, 0.15) is 5.56 Å². The second-order valence-electron chi connectivity index (χ2n) is 5.07. The van der Waals surface area contributed by atoms with Gasteiger partial charge in [-0.05, 0) is 17.7 Å². The van der Waals surface area contributed by atoms with Crippen LogP contribution in [-0.2, 0) is 16.8 Å². The number of halogens is 1. The normalized spacial score (nSPS) is 12.3. The zero-order valence-electron chi connectivity index (χ0n) is 12.4. The standard InChI is InChI=1S/C17H15ClN2O2S/c1-19-15-9-11-6-4-8-14(18)16(11)20-17(15)13-7-3-2-5-12(13)10-23(21)22/h2-9,19H,10H2,1H3,(H,21,22). The molecule has 0 saturated heterocycles. The molecule has 0 radical (unpaired) electrons. The third-order valence-electron chi connectivity index (χ3n) is 3.62. The molecule has 0 amide bonds. The van der Waals surface area contributed by atoms with Crippen LogP contribution < -0.4 is 5.32 Å². The molecule has 3 rings (SSSR count). The maximum Gasteiger partial charge on any atom is 0.157 e. The molecule has 2 N–H and O–H groups in total. The summed E-state index contributed by atoms with van der Waals surface area (Å²) >= 11 is 4.35. The van der Waals surface area contributed by atoms with Gasteiger partial charge in [0, 0.05) is 18.0 Å². The van der Waals surface area contributed by atoms with Crippen LogP contribution in [0.2, 0.25) is 5.02 Å². The van der Waals surface area contributed by atoms with Gasteiger partial charge in [-0.2, -0.15) is 0 Å². The maximum atomic E-state index is 11.2. The molecule has 1 heterocycles. The Hall–Kier alpha value is -1.95. The fourth-order valence-electron chi connectivity index (χ4n) is 2.57. The summed E-state index contributed by atoms with van der Waals surface area (Å²) in [5.41, 5.74) is 3.86. The van der Waals surface area contributed by atoms with Crippen molar-refractivity contribution < 1.29 is 8.76 Å². The molecular formula is C17H15ClN2O2S. The minimum atomic E-state index is -1.91. The van der Waals surface area contributed by atoms with E-state index < -0.39 is 11.1 Å². The van der Waals surface area contributed by atoms with Crippen LogP contribution in [0.3, 0.4) is 0 Å². The Morgan fingerprint density at radius 1 is 1.22 bits per heavy atom. The fraction of sp³-hybridized carbons (Fsp3) is 0.118. The van der Waals surface area contributed by atoms with Crippen LogP contribution in [-0.4, -0.2) is 20.8 Å². The molecule has 23 heavy (non-hydrogen) atoms. The van der Waals surface area contributed by atoms with E-state index in [4.69, 9.17) is 16.6 Å². The topological polar surface area (TPSA) is 62.2 Å². The predicted molar refractivity (Wildman–Crippen MR) is 96.2 cm³/mol. The van der Waals surface area contributed by atoms with Crippen molar-refractivity contribution in [2.75, 3.05) is 12.4 Å². The smallest absolute Gasteiger partial charge is 0.157 e. The lowest BCUT2D eigenvalue weighted by atomic mass is 10.0. The van der Waals surface area contributed by atoms with E-state index >= 15 is 0 Å². The summed E-state index contributed by atoms with van der Waals surface area (Å²) in [6, 6.07) is 15.1. The summed E-state index contributed by atoms with van der Waals surface area (Å²) in [5, 5.41) is 4.66. The summed E-state index contributed by atoms with van der Waals surface area (Å²) in [7, 11) is 1.82. The van der Waals surface area contributed by atoms with Crippen molar-refractivity contribution in [3.63, 3.8) is 0 Å². The maximum absolute atomic E-state index is 11.2. The summed E-state index contributed by atoms with van der Waals surface area (Å²) in [6.45, 7) is 0. The number of hydrogen-bond acceptors (Lipinski definition) is 3. The number of benzene rings is 2. The van der Waals surface area contributed by atoms with E-state index in [2.05, 4.69) is 5.32 Å². The number of rotatable bonds is 4. The second kappa shape index (κ2) is 6.66. The molecule has 0 aliphatic rings. The number of hydrogen-bond donors (Lipinski definition) is 2. The second-order valence-corrected chi connectivity index (χ2v) is 6.41. The van der Waals surface area contributed by atoms with Gasteiger partial charge < -0.3 is 9.87 Å². The van der Waals surface area contributed by atoms with E-state index in [-0.39, 0.29) is 5.75 Å². The highest BCUT2D eigenvalue weighted by molar-refractivity contribution is 7.78. The van der Waals surface area contributed by atoms with Gasteiger partial charge in [-0.15, -0.1) is 0 Å². The van der Waals surface area contributed by atoms with Crippen molar-refractivity contribution >= 4 is 39.3 Å². The van der Waals surface area contributed by atoms with E-state index in [0.717, 1.165) is 22.2 Å². The number of anilines is 1. The van der Waals surface area contributed by atoms with E-state index in [0.29, 0.717) is 16.2 Å². The van der Waals surface area contributed by atoms with E-state index in [1.807, 2.05) is 49.5 Å². The third-order valence-corrected chi connectivity index (χ3v) is 4.48. The number of pyridine rings is 1. The minimum Gasteiger partial charge on any atom is -0.386 e. The first-order valence-corrected chi connectivity index (χ1v) is 8.68. The molecule has 0 fully saturated rings. The molecule has 3 aromatic rings. The summed E-state index contributed by atoms with van der Waals surface area (Å²) in [6.07, 6.45) is 0. The molecule has 2 aromatic carbocycles. The van der Waals surface area contributed by atoms with Crippen LogP contribution in [0.25, 0.3) is 22.2 Å². The monoisotopic (exact) mass is 346 g/mol. The lowest BCUT2D eigenvalue weighted by Crippen LogP contribution is -2.00. The first-order valence-electron chi connectivity index (χ1n) is 7.03.